The number of nitrogens with zero attached hydrogens (tertiary/aromatic N) is 1. The minimum Gasteiger partial charge on any atom is -0.496 e. The van der Waals surface area contributed by atoms with Gasteiger partial charge in [0.2, 0.25) is 0 Å². The monoisotopic (exact) mass is 189 g/mol. The summed E-state index contributed by atoms with van der Waals surface area (Å²) in [5, 5.41) is 8.84. The van der Waals surface area contributed by atoms with Gasteiger partial charge in [-0.1, -0.05) is 18.2 Å². The smallest absolute Gasteiger partial charge is 0.151 e. The van der Waals surface area contributed by atoms with E-state index in [0.29, 0.717) is 11.3 Å². The van der Waals surface area contributed by atoms with E-state index >= 15 is 0 Å². The van der Waals surface area contributed by atoms with Crippen molar-refractivity contribution in [2.24, 2.45) is 0 Å². The molecule has 0 amide bonds. The number of rotatable bonds is 3. The van der Waals surface area contributed by atoms with Crippen LogP contribution in [0.4, 0.5) is 0 Å². The Morgan fingerprint density at radius 2 is 2.14 bits per heavy atom. The van der Waals surface area contributed by atoms with Crippen LogP contribution in [-0.4, -0.2) is 12.9 Å². The van der Waals surface area contributed by atoms with Crippen molar-refractivity contribution in [1.29, 1.82) is 5.26 Å². The van der Waals surface area contributed by atoms with Crippen molar-refractivity contribution in [3.8, 4) is 11.8 Å². The summed E-state index contributed by atoms with van der Waals surface area (Å²) in [5.41, 5.74) is 0.630. The second-order valence-corrected chi connectivity index (χ2v) is 2.91. The summed E-state index contributed by atoms with van der Waals surface area (Å²) in [6.45, 7) is 1.40. The topological polar surface area (TPSA) is 50.1 Å². The number of benzene rings is 1. The van der Waals surface area contributed by atoms with Gasteiger partial charge in [0.1, 0.15) is 11.7 Å². The maximum absolute atomic E-state index is 11.2. The van der Waals surface area contributed by atoms with Crippen molar-refractivity contribution in [1.82, 2.24) is 0 Å². The highest BCUT2D eigenvalue weighted by atomic mass is 16.5. The summed E-state index contributed by atoms with van der Waals surface area (Å²) < 4.78 is 5.07. The van der Waals surface area contributed by atoms with E-state index < -0.39 is 5.92 Å². The first kappa shape index (κ1) is 10.3. The zero-order valence-electron chi connectivity index (χ0n) is 8.15. The van der Waals surface area contributed by atoms with Gasteiger partial charge in [0.25, 0.3) is 0 Å². The van der Waals surface area contributed by atoms with Gasteiger partial charge in [-0.2, -0.15) is 5.26 Å². The Bertz CT molecular complexity index is 379. The van der Waals surface area contributed by atoms with Crippen molar-refractivity contribution < 1.29 is 9.53 Å². The van der Waals surface area contributed by atoms with Crippen LogP contribution in [0.5, 0.6) is 5.75 Å². The zero-order valence-corrected chi connectivity index (χ0v) is 8.15. The summed E-state index contributed by atoms with van der Waals surface area (Å²) in [7, 11) is 1.52. The van der Waals surface area contributed by atoms with Gasteiger partial charge >= 0.3 is 0 Å². The van der Waals surface area contributed by atoms with Crippen LogP contribution in [0.25, 0.3) is 0 Å². The number of para-hydroxylation sites is 1. The number of carbonyl (C=O) groups is 1. The molecule has 0 bridgehead atoms. The van der Waals surface area contributed by atoms with E-state index in [9.17, 15) is 4.79 Å². The number of ether oxygens (including phenoxy) is 1. The molecule has 1 aromatic rings. The molecule has 14 heavy (non-hydrogen) atoms. The van der Waals surface area contributed by atoms with E-state index in [1.165, 1.54) is 14.0 Å². The van der Waals surface area contributed by atoms with Gasteiger partial charge < -0.3 is 4.74 Å². The van der Waals surface area contributed by atoms with E-state index in [-0.39, 0.29) is 5.78 Å². The maximum atomic E-state index is 11.2. The summed E-state index contributed by atoms with van der Waals surface area (Å²) in [6.07, 6.45) is 0. The molecule has 0 spiro atoms. The molecular weight excluding hydrogens is 178 g/mol. The molecule has 1 rings (SSSR count). The summed E-state index contributed by atoms with van der Waals surface area (Å²) >= 11 is 0. The Hall–Kier alpha value is -1.82. The number of ketones is 1. The number of Topliss-reactive ketones (excluding diaryl/α,β-unsaturated/α-hetero) is 1. The molecule has 0 saturated heterocycles. The van der Waals surface area contributed by atoms with Crippen LogP contribution < -0.4 is 4.74 Å². The highest BCUT2D eigenvalue weighted by Crippen LogP contribution is 2.26. The standard InChI is InChI=1S/C11H11NO2/c1-8(13)10(7-12)9-5-3-4-6-11(9)14-2/h3-6,10H,1-2H3. The molecule has 3 nitrogen and oxygen atoms in total. The molecule has 1 unspecified atom stereocenters. The lowest BCUT2D eigenvalue weighted by molar-refractivity contribution is -0.117. The van der Waals surface area contributed by atoms with E-state index in [1.54, 1.807) is 24.3 Å². The lowest BCUT2D eigenvalue weighted by atomic mass is 9.96. The second kappa shape index (κ2) is 4.43. The minimum atomic E-state index is -0.730. The van der Waals surface area contributed by atoms with Gasteiger partial charge in [0.05, 0.1) is 13.2 Å². The number of hydrogen-bond donors (Lipinski definition) is 0. The fourth-order valence-corrected chi connectivity index (χ4v) is 1.28. The first-order valence-electron chi connectivity index (χ1n) is 4.23. The van der Waals surface area contributed by atoms with Crippen LogP contribution in [0.1, 0.15) is 18.4 Å². The normalized spacial score (nSPS) is 11.5. The van der Waals surface area contributed by atoms with Crippen molar-refractivity contribution >= 4 is 5.78 Å². The molecule has 1 atom stereocenters. The lowest BCUT2D eigenvalue weighted by Crippen LogP contribution is -2.07. The Morgan fingerprint density at radius 3 is 2.64 bits per heavy atom. The number of carbonyl (C=O) groups excluding carboxylic acids is 1. The van der Waals surface area contributed by atoms with Crippen molar-refractivity contribution in [3.05, 3.63) is 29.8 Å². The third-order valence-corrected chi connectivity index (χ3v) is 1.99. The highest BCUT2D eigenvalue weighted by molar-refractivity contribution is 5.86. The van der Waals surface area contributed by atoms with Crippen molar-refractivity contribution in [2.45, 2.75) is 12.8 Å². The van der Waals surface area contributed by atoms with Gasteiger partial charge in [-0.05, 0) is 13.0 Å². The SMILES string of the molecule is COc1ccccc1C(C#N)C(C)=O. The van der Waals surface area contributed by atoms with Gasteiger partial charge in [-0.15, -0.1) is 0 Å². The fourth-order valence-electron chi connectivity index (χ4n) is 1.28. The molecule has 0 fully saturated rings. The van der Waals surface area contributed by atoms with Crippen LogP contribution in [0.15, 0.2) is 24.3 Å². The highest BCUT2D eigenvalue weighted by Gasteiger charge is 2.19. The number of methoxy groups -OCH3 is 1. The molecule has 72 valence electrons. The average molecular weight is 189 g/mol. The third-order valence-electron chi connectivity index (χ3n) is 1.99. The van der Waals surface area contributed by atoms with Crippen LogP contribution in [0, 0.1) is 11.3 Å². The molecule has 0 aliphatic heterocycles. The predicted octanol–water partition coefficient (Wildman–Crippen LogP) is 1.89. The Balaban J connectivity index is 3.17. The zero-order chi connectivity index (χ0) is 10.6. The first-order valence-corrected chi connectivity index (χ1v) is 4.23. The van der Waals surface area contributed by atoms with Crippen LogP contribution in [-0.2, 0) is 4.79 Å². The molecular formula is C11H11NO2. The van der Waals surface area contributed by atoms with Crippen LogP contribution >= 0.6 is 0 Å². The molecule has 0 aliphatic carbocycles. The van der Waals surface area contributed by atoms with E-state index in [2.05, 4.69) is 0 Å². The lowest BCUT2D eigenvalue weighted by Gasteiger charge is -2.10. The molecule has 1 aromatic carbocycles. The van der Waals surface area contributed by atoms with Gasteiger partial charge in [-0.25, -0.2) is 0 Å². The Kier molecular flexibility index (Phi) is 3.24. The molecule has 0 aromatic heterocycles. The van der Waals surface area contributed by atoms with Crippen LogP contribution in [0.2, 0.25) is 0 Å². The summed E-state index contributed by atoms with van der Waals surface area (Å²) in [6, 6.07) is 9.02. The predicted molar refractivity (Wildman–Crippen MR) is 52.0 cm³/mol. The summed E-state index contributed by atoms with van der Waals surface area (Å²) in [5.74, 6) is -0.322. The third kappa shape index (κ3) is 1.91. The van der Waals surface area contributed by atoms with Crippen molar-refractivity contribution in [2.75, 3.05) is 7.11 Å². The first-order chi connectivity index (χ1) is 6.70. The Morgan fingerprint density at radius 1 is 1.50 bits per heavy atom. The van der Waals surface area contributed by atoms with Crippen LogP contribution in [0.3, 0.4) is 0 Å². The van der Waals surface area contributed by atoms with E-state index in [4.69, 9.17) is 10.00 Å². The largest absolute Gasteiger partial charge is 0.496 e. The maximum Gasteiger partial charge on any atom is 0.151 e. The van der Waals surface area contributed by atoms with Gasteiger partial charge in [0.15, 0.2) is 5.78 Å². The van der Waals surface area contributed by atoms with E-state index in [1.807, 2.05) is 6.07 Å². The van der Waals surface area contributed by atoms with Gasteiger partial charge in [-0.3, -0.25) is 4.79 Å². The van der Waals surface area contributed by atoms with E-state index in [0.717, 1.165) is 0 Å². The fraction of sp³-hybridized carbons (Fsp3) is 0.273. The molecule has 0 N–H and O–H groups in total. The second-order valence-electron chi connectivity index (χ2n) is 2.91. The number of hydrogen-bond acceptors (Lipinski definition) is 3. The Labute approximate surface area is 82.9 Å². The quantitative estimate of drug-likeness (QED) is 0.729. The molecule has 0 aliphatic rings. The minimum absolute atomic E-state index is 0.169. The molecule has 0 saturated carbocycles. The molecule has 0 heterocycles. The molecule has 0 radical (unpaired) electrons. The summed E-state index contributed by atoms with van der Waals surface area (Å²) in [4.78, 5) is 11.2. The van der Waals surface area contributed by atoms with Crippen molar-refractivity contribution in [3.63, 3.8) is 0 Å². The average Bonchev–Trinajstić information content (AvgIpc) is 2.19. The molecule has 3 heteroatoms. The van der Waals surface area contributed by atoms with Gasteiger partial charge in [0, 0.05) is 5.56 Å². The number of nitriles is 1.